The lowest BCUT2D eigenvalue weighted by atomic mass is 10.1. The highest BCUT2D eigenvalue weighted by atomic mass is 16.2. The molecule has 1 amide bonds. The zero-order valence-corrected chi connectivity index (χ0v) is 16.3. The van der Waals surface area contributed by atoms with E-state index >= 15 is 0 Å². The predicted molar refractivity (Wildman–Crippen MR) is 117 cm³/mol. The van der Waals surface area contributed by atoms with Gasteiger partial charge in [-0.05, 0) is 25.1 Å². The third-order valence-corrected chi connectivity index (χ3v) is 4.83. The van der Waals surface area contributed by atoms with E-state index in [2.05, 4.69) is 11.7 Å². The summed E-state index contributed by atoms with van der Waals surface area (Å²) in [4.78, 5) is 20.2. The lowest BCUT2D eigenvalue weighted by Gasteiger charge is -2.22. The topological polar surface area (TPSA) is 51.0 Å². The fourth-order valence-corrected chi connectivity index (χ4v) is 3.40. The van der Waals surface area contributed by atoms with Crippen molar-refractivity contribution >= 4 is 22.6 Å². The van der Waals surface area contributed by atoms with Crippen molar-refractivity contribution in [1.29, 1.82) is 0 Å². The van der Waals surface area contributed by atoms with Crippen LogP contribution in [0.25, 0.3) is 22.3 Å². The van der Waals surface area contributed by atoms with Gasteiger partial charge in [-0.1, -0.05) is 54.6 Å². The van der Waals surface area contributed by atoms with Gasteiger partial charge in [-0.15, -0.1) is 6.58 Å². The van der Waals surface area contributed by atoms with E-state index in [0.717, 1.165) is 22.3 Å². The smallest absolute Gasteiger partial charge is 0.259 e. The molecule has 0 radical (unpaired) electrons. The van der Waals surface area contributed by atoms with Gasteiger partial charge in [0, 0.05) is 24.3 Å². The van der Waals surface area contributed by atoms with E-state index in [4.69, 9.17) is 4.98 Å². The molecule has 0 aliphatic rings. The van der Waals surface area contributed by atoms with Crippen LogP contribution in [0.15, 0.2) is 85.6 Å². The molecule has 4 rings (SSSR count). The summed E-state index contributed by atoms with van der Waals surface area (Å²) in [7, 11) is 0. The first kappa shape index (κ1) is 18.6. The van der Waals surface area contributed by atoms with E-state index in [0.29, 0.717) is 24.3 Å². The molecule has 2 aromatic carbocycles. The minimum Gasteiger partial charge on any atom is -0.305 e. The molecule has 29 heavy (non-hydrogen) atoms. The molecule has 0 saturated carbocycles. The number of aromatic nitrogens is 3. The third-order valence-electron chi connectivity index (χ3n) is 4.83. The predicted octanol–water partition coefficient (Wildman–Crippen LogP) is 4.95. The lowest BCUT2D eigenvalue weighted by Crippen LogP contribution is -2.31. The van der Waals surface area contributed by atoms with Crippen LogP contribution in [0.2, 0.25) is 0 Å². The fraction of sp³-hybridized carbons (Fsp3) is 0.125. The molecule has 0 atom stereocenters. The number of amides is 1. The maximum atomic E-state index is 13.6. The molecule has 2 aromatic heterocycles. The van der Waals surface area contributed by atoms with Crippen LogP contribution in [0.4, 0.5) is 5.69 Å². The molecule has 0 saturated heterocycles. The number of pyridine rings is 1. The average Bonchev–Trinajstić information content (AvgIpc) is 3.20. The van der Waals surface area contributed by atoms with Crippen molar-refractivity contribution < 1.29 is 4.79 Å². The highest BCUT2D eigenvalue weighted by Crippen LogP contribution is 2.27. The van der Waals surface area contributed by atoms with Crippen molar-refractivity contribution in [3.63, 3.8) is 0 Å². The van der Waals surface area contributed by atoms with Crippen LogP contribution in [-0.2, 0) is 6.54 Å². The minimum absolute atomic E-state index is 0.101. The summed E-state index contributed by atoms with van der Waals surface area (Å²) >= 11 is 0. The van der Waals surface area contributed by atoms with E-state index in [1.54, 1.807) is 17.2 Å². The van der Waals surface area contributed by atoms with Crippen LogP contribution >= 0.6 is 0 Å². The maximum absolute atomic E-state index is 13.6. The lowest BCUT2D eigenvalue weighted by molar-refractivity contribution is 0.0991. The first-order valence-corrected chi connectivity index (χ1v) is 9.62. The molecular formula is C24H22N4O. The van der Waals surface area contributed by atoms with Crippen LogP contribution < -0.4 is 4.90 Å². The SMILES string of the molecule is C=CCN(C(=O)c1cc(-c2ccccc2)nc2c1cnn2CC)c1ccccc1. The summed E-state index contributed by atoms with van der Waals surface area (Å²) < 4.78 is 1.82. The molecule has 0 N–H and O–H groups in total. The molecular weight excluding hydrogens is 360 g/mol. The number of fused-ring (bicyclic) bond motifs is 1. The molecule has 5 heteroatoms. The quantitative estimate of drug-likeness (QED) is 0.443. The molecule has 0 aliphatic carbocycles. The van der Waals surface area contributed by atoms with Crippen molar-refractivity contribution in [2.24, 2.45) is 0 Å². The van der Waals surface area contributed by atoms with Gasteiger partial charge in [0.2, 0.25) is 0 Å². The summed E-state index contributed by atoms with van der Waals surface area (Å²) in [5, 5.41) is 5.18. The van der Waals surface area contributed by atoms with Gasteiger partial charge in [0.15, 0.2) is 5.65 Å². The van der Waals surface area contributed by atoms with Crippen molar-refractivity contribution in [2.75, 3.05) is 11.4 Å². The summed E-state index contributed by atoms with van der Waals surface area (Å²) in [5.74, 6) is -0.101. The molecule has 0 spiro atoms. The van der Waals surface area contributed by atoms with Crippen LogP contribution in [-0.4, -0.2) is 27.2 Å². The summed E-state index contributed by atoms with van der Waals surface area (Å²) in [6, 6.07) is 21.4. The first-order valence-electron chi connectivity index (χ1n) is 9.62. The number of rotatable bonds is 6. The number of benzene rings is 2. The number of hydrogen-bond donors (Lipinski definition) is 0. The number of carbonyl (C=O) groups is 1. The Morgan fingerprint density at radius 2 is 1.79 bits per heavy atom. The Hall–Kier alpha value is -3.73. The molecule has 0 aliphatic heterocycles. The Bertz CT molecular complexity index is 1150. The van der Waals surface area contributed by atoms with Gasteiger partial charge < -0.3 is 4.90 Å². The van der Waals surface area contributed by atoms with Crippen molar-refractivity contribution in [1.82, 2.24) is 14.8 Å². The molecule has 144 valence electrons. The summed E-state index contributed by atoms with van der Waals surface area (Å²) in [5.41, 5.74) is 3.83. The average molecular weight is 382 g/mol. The standard InChI is InChI=1S/C24H22N4O/c1-3-15-27(19-13-9-6-10-14-19)24(29)20-16-22(18-11-7-5-8-12-18)26-23-21(20)17-25-28(23)4-2/h3,5-14,16-17H,1,4,15H2,2H3. The Balaban J connectivity index is 1.90. The Morgan fingerprint density at radius 3 is 2.45 bits per heavy atom. The Labute approximate surface area is 169 Å². The van der Waals surface area contributed by atoms with Gasteiger partial charge in [-0.25, -0.2) is 9.67 Å². The minimum atomic E-state index is -0.101. The van der Waals surface area contributed by atoms with Crippen molar-refractivity contribution in [3.05, 3.63) is 91.1 Å². The normalized spacial score (nSPS) is 10.8. The van der Waals surface area contributed by atoms with E-state index in [1.807, 2.05) is 78.3 Å². The maximum Gasteiger partial charge on any atom is 0.259 e. The van der Waals surface area contributed by atoms with Gasteiger partial charge in [0.05, 0.1) is 22.8 Å². The Morgan fingerprint density at radius 1 is 1.10 bits per heavy atom. The highest BCUT2D eigenvalue weighted by molar-refractivity contribution is 6.14. The zero-order valence-electron chi connectivity index (χ0n) is 16.3. The highest BCUT2D eigenvalue weighted by Gasteiger charge is 2.22. The molecule has 2 heterocycles. The van der Waals surface area contributed by atoms with Gasteiger partial charge >= 0.3 is 0 Å². The monoisotopic (exact) mass is 382 g/mol. The van der Waals surface area contributed by atoms with Gasteiger partial charge in [0.25, 0.3) is 5.91 Å². The van der Waals surface area contributed by atoms with Gasteiger partial charge in [0.1, 0.15) is 0 Å². The van der Waals surface area contributed by atoms with Gasteiger partial charge in [-0.2, -0.15) is 5.10 Å². The third kappa shape index (κ3) is 3.55. The second-order valence-corrected chi connectivity index (χ2v) is 6.66. The first-order chi connectivity index (χ1) is 14.2. The van der Waals surface area contributed by atoms with Crippen molar-refractivity contribution in [3.8, 4) is 11.3 Å². The molecule has 4 aromatic rings. The van der Waals surface area contributed by atoms with Crippen LogP contribution in [0.5, 0.6) is 0 Å². The number of carbonyl (C=O) groups excluding carboxylic acids is 1. The summed E-state index contributed by atoms with van der Waals surface area (Å²) in [6.45, 7) is 6.93. The fourth-order valence-electron chi connectivity index (χ4n) is 3.40. The number of anilines is 1. The molecule has 0 fully saturated rings. The summed E-state index contributed by atoms with van der Waals surface area (Å²) in [6.07, 6.45) is 3.46. The van der Waals surface area contributed by atoms with E-state index in [-0.39, 0.29) is 5.91 Å². The molecule has 0 bridgehead atoms. The number of para-hydroxylation sites is 1. The van der Waals surface area contributed by atoms with Crippen molar-refractivity contribution in [2.45, 2.75) is 13.5 Å². The van der Waals surface area contributed by atoms with E-state index in [1.165, 1.54) is 0 Å². The molecule has 0 unspecified atom stereocenters. The van der Waals surface area contributed by atoms with Crippen LogP contribution in [0.1, 0.15) is 17.3 Å². The van der Waals surface area contributed by atoms with Crippen LogP contribution in [0.3, 0.4) is 0 Å². The van der Waals surface area contributed by atoms with E-state index < -0.39 is 0 Å². The molecule has 5 nitrogen and oxygen atoms in total. The second kappa shape index (κ2) is 8.10. The van der Waals surface area contributed by atoms with Crippen LogP contribution in [0, 0.1) is 0 Å². The number of aryl methyl sites for hydroxylation is 1. The largest absolute Gasteiger partial charge is 0.305 e. The number of nitrogens with zero attached hydrogens (tertiary/aromatic N) is 4. The second-order valence-electron chi connectivity index (χ2n) is 6.66. The Kier molecular flexibility index (Phi) is 5.20. The van der Waals surface area contributed by atoms with Gasteiger partial charge in [-0.3, -0.25) is 4.79 Å². The van der Waals surface area contributed by atoms with E-state index in [9.17, 15) is 4.79 Å². The number of hydrogen-bond acceptors (Lipinski definition) is 3. The zero-order chi connectivity index (χ0) is 20.2.